The maximum Gasteiger partial charge on any atom is 0.252 e. The van der Waals surface area contributed by atoms with E-state index in [4.69, 9.17) is 0 Å². The molecule has 0 saturated carbocycles. The van der Waals surface area contributed by atoms with Crippen molar-refractivity contribution in [3.8, 4) is 17.0 Å². The lowest BCUT2D eigenvalue weighted by Crippen LogP contribution is -2.17. The number of hydrogen-bond donors (Lipinski definition) is 2. The number of nitrogens with zero attached hydrogens (tertiary/aromatic N) is 4. The van der Waals surface area contributed by atoms with Gasteiger partial charge in [0.05, 0.1) is 23.1 Å². The van der Waals surface area contributed by atoms with E-state index in [1.165, 1.54) is 6.20 Å². The molecule has 2 N–H and O–H groups in total. The summed E-state index contributed by atoms with van der Waals surface area (Å²) in [5.41, 5.74) is 4.64. The normalized spacial score (nSPS) is 10.9. The SMILES string of the molecule is CNC(=O)c1cncc(-c2ccc3ncc(Cc4ccc(O)cc4)n3n2)c1. The van der Waals surface area contributed by atoms with Crippen LogP contribution in [0.25, 0.3) is 16.9 Å². The molecule has 134 valence electrons. The number of hydrogen-bond acceptors (Lipinski definition) is 5. The van der Waals surface area contributed by atoms with Crippen LogP contribution in [0.2, 0.25) is 0 Å². The van der Waals surface area contributed by atoms with Gasteiger partial charge >= 0.3 is 0 Å². The van der Waals surface area contributed by atoms with Crippen molar-refractivity contribution in [2.75, 3.05) is 7.05 Å². The fraction of sp³-hybridized carbons (Fsp3) is 0.100. The average molecular weight is 359 g/mol. The second-order valence-corrected chi connectivity index (χ2v) is 6.12. The first-order chi connectivity index (χ1) is 13.1. The molecule has 0 unspecified atom stereocenters. The summed E-state index contributed by atoms with van der Waals surface area (Å²) >= 11 is 0. The monoisotopic (exact) mass is 359 g/mol. The van der Waals surface area contributed by atoms with Crippen molar-refractivity contribution in [1.29, 1.82) is 0 Å². The summed E-state index contributed by atoms with van der Waals surface area (Å²) in [6.45, 7) is 0. The summed E-state index contributed by atoms with van der Waals surface area (Å²) in [6, 6.07) is 12.6. The van der Waals surface area contributed by atoms with Crippen molar-refractivity contribution in [3.05, 3.63) is 77.9 Å². The number of carbonyl (C=O) groups excluding carboxylic acids is 1. The van der Waals surface area contributed by atoms with Crippen LogP contribution in [0, 0.1) is 0 Å². The number of phenols is 1. The van der Waals surface area contributed by atoms with Crippen LogP contribution in [-0.4, -0.2) is 37.6 Å². The first kappa shape index (κ1) is 16.7. The van der Waals surface area contributed by atoms with Crippen molar-refractivity contribution in [2.45, 2.75) is 6.42 Å². The molecule has 0 bridgehead atoms. The van der Waals surface area contributed by atoms with Gasteiger partial charge in [-0.05, 0) is 35.9 Å². The maximum absolute atomic E-state index is 11.8. The van der Waals surface area contributed by atoms with Crippen LogP contribution >= 0.6 is 0 Å². The molecule has 1 amide bonds. The number of phenolic OH excluding ortho intramolecular Hbond substituents is 1. The van der Waals surface area contributed by atoms with E-state index in [9.17, 15) is 9.90 Å². The molecular weight excluding hydrogens is 342 g/mol. The molecular formula is C20H17N5O2. The van der Waals surface area contributed by atoms with Crippen molar-refractivity contribution in [1.82, 2.24) is 24.9 Å². The predicted molar refractivity (Wildman–Crippen MR) is 101 cm³/mol. The highest BCUT2D eigenvalue weighted by molar-refractivity contribution is 5.94. The van der Waals surface area contributed by atoms with E-state index >= 15 is 0 Å². The van der Waals surface area contributed by atoms with Gasteiger partial charge in [0.15, 0.2) is 5.65 Å². The number of amides is 1. The van der Waals surface area contributed by atoms with Gasteiger partial charge in [-0.1, -0.05) is 12.1 Å². The number of fused-ring (bicyclic) bond motifs is 1. The Morgan fingerprint density at radius 1 is 1.11 bits per heavy atom. The number of benzene rings is 1. The van der Waals surface area contributed by atoms with Crippen molar-refractivity contribution < 1.29 is 9.90 Å². The Balaban J connectivity index is 1.71. The van der Waals surface area contributed by atoms with Crippen molar-refractivity contribution in [2.24, 2.45) is 0 Å². The van der Waals surface area contributed by atoms with Crippen LogP contribution in [0.4, 0.5) is 0 Å². The highest BCUT2D eigenvalue weighted by Crippen LogP contribution is 2.20. The van der Waals surface area contributed by atoms with Gasteiger partial charge < -0.3 is 10.4 Å². The fourth-order valence-corrected chi connectivity index (χ4v) is 2.87. The average Bonchev–Trinajstić information content (AvgIpc) is 3.11. The number of rotatable bonds is 4. The largest absolute Gasteiger partial charge is 0.508 e. The summed E-state index contributed by atoms with van der Waals surface area (Å²) in [7, 11) is 1.58. The van der Waals surface area contributed by atoms with E-state index < -0.39 is 0 Å². The van der Waals surface area contributed by atoms with E-state index in [0.717, 1.165) is 22.5 Å². The van der Waals surface area contributed by atoms with Crippen LogP contribution in [0.3, 0.4) is 0 Å². The van der Waals surface area contributed by atoms with Gasteiger partial charge in [0.1, 0.15) is 5.75 Å². The molecule has 3 aromatic heterocycles. The molecule has 4 aromatic rings. The zero-order valence-electron chi connectivity index (χ0n) is 14.6. The zero-order chi connectivity index (χ0) is 18.8. The molecule has 4 rings (SSSR count). The number of nitrogens with one attached hydrogen (secondary N) is 1. The third-order valence-electron chi connectivity index (χ3n) is 4.28. The van der Waals surface area contributed by atoms with Gasteiger partial charge in [-0.15, -0.1) is 0 Å². The Labute approximate surface area is 155 Å². The van der Waals surface area contributed by atoms with E-state index in [-0.39, 0.29) is 11.7 Å². The van der Waals surface area contributed by atoms with Gasteiger partial charge in [-0.25, -0.2) is 9.50 Å². The molecule has 7 heteroatoms. The maximum atomic E-state index is 11.8. The summed E-state index contributed by atoms with van der Waals surface area (Å²) < 4.78 is 1.79. The highest BCUT2D eigenvalue weighted by Gasteiger charge is 2.10. The lowest BCUT2D eigenvalue weighted by Gasteiger charge is -2.06. The first-order valence-electron chi connectivity index (χ1n) is 8.43. The van der Waals surface area contributed by atoms with Crippen molar-refractivity contribution in [3.63, 3.8) is 0 Å². The second kappa shape index (κ2) is 6.87. The summed E-state index contributed by atoms with van der Waals surface area (Å²) in [6.07, 6.45) is 5.62. The lowest BCUT2D eigenvalue weighted by molar-refractivity contribution is 0.0963. The third kappa shape index (κ3) is 3.35. The third-order valence-corrected chi connectivity index (χ3v) is 4.28. The van der Waals surface area contributed by atoms with Gasteiger partial charge in [0.25, 0.3) is 5.91 Å². The second-order valence-electron chi connectivity index (χ2n) is 6.12. The Morgan fingerprint density at radius 3 is 2.70 bits per heavy atom. The zero-order valence-corrected chi connectivity index (χ0v) is 14.6. The van der Waals surface area contributed by atoms with Gasteiger partial charge in [-0.3, -0.25) is 9.78 Å². The Hall–Kier alpha value is -3.74. The quantitative estimate of drug-likeness (QED) is 0.584. The summed E-state index contributed by atoms with van der Waals surface area (Å²) in [4.78, 5) is 20.4. The Kier molecular flexibility index (Phi) is 4.25. The first-order valence-corrected chi connectivity index (χ1v) is 8.43. The lowest BCUT2D eigenvalue weighted by atomic mass is 10.1. The highest BCUT2D eigenvalue weighted by atomic mass is 16.3. The van der Waals surface area contributed by atoms with Crippen molar-refractivity contribution >= 4 is 11.6 Å². The molecule has 0 aliphatic rings. The smallest absolute Gasteiger partial charge is 0.252 e. The minimum atomic E-state index is -0.193. The van der Waals surface area contributed by atoms with E-state index in [0.29, 0.717) is 17.7 Å². The molecule has 0 spiro atoms. The molecule has 3 heterocycles. The van der Waals surface area contributed by atoms with E-state index in [1.54, 1.807) is 42.2 Å². The molecule has 0 fully saturated rings. The molecule has 0 atom stereocenters. The van der Waals surface area contributed by atoms with E-state index in [1.807, 2.05) is 24.3 Å². The topological polar surface area (TPSA) is 92.4 Å². The molecule has 27 heavy (non-hydrogen) atoms. The fourth-order valence-electron chi connectivity index (χ4n) is 2.87. The Morgan fingerprint density at radius 2 is 1.93 bits per heavy atom. The van der Waals surface area contributed by atoms with Crippen LogP contribution in [0.15, 0.2) is 61.1 Å². The molecule has 0 aliphatic carbocycles. The minimum Gasteiger partial charge on any atom is -0.508 e. The molecule has 0 aliphatic heterocycles. The molecule has 1 aromatic carbocycles. The van der Waals surface area contributed by atoms with Crippen LogP contribution in [0.5, 0.6) is 5.75 Å². The van der Waals surface area contributed by atoms with Crippen LogP contribution in [0.1, 0.15) is 21.6 Å². The molecule has 0 radical (unpaired) electrons. The van der Waals surface area contributed by atoms with Gasteiger partial charge in [0, 0.05) is 31.4 Å². The predicted octanol–water partition coefficient (Wildman–Crippen LogP) is 2.45. The standard InChI is InChI=1S/C20H17N5O2/c1-21-20(27)15-9-14(10-22-11-15)18-6-7-19-23-12-16(25(19)24-18)8-13-2-4-17(26)5-3-13/h2-7,9-12,26H,8H2,1H3,(H,21,27). The number of aromatic nitrogens is 4. The van der Waals surface area contributed by atoms with Crippen LogP contribution in [-0.2, 0) is 6.42 Å². The molecule has 7 nitrogen and oxygen atoms in total. The number of imidazole rings is 1. The molecule has 0 saturated heterocycles. The number of pyridine rings is 1. The van der Waals surface area contributed by atoms with E-state index in [2.05, 4.69) is 20.4 Å². The van der Waals surface area contributed by atoms with Gasteiger partial charge in [0.2, 0.25) is 0 Å². The number of aromatic hydroxyl groups is 1. The number of carbonyl (C=O) groups is 1. The summed E-state index contributed by atoms with van der Waals surface area (Å²) in [5.74, 6) is 0.0434. The van der Waals surface area contributed by atoms with Crippen LogP contribution < -0.4 is 5.32 Å². The minimum absolute atomic E-state index is 0.193. The van der Waals surface area contributed by atoms with Gasteiger partial charge in [-0.2, -0.15) is 5.10 Å². The Bertz CT molecular complexity index is 1120. The summed E-state index contributed by atoms with van der Waals surface area (Å²) in [5, 5.41) is 16.7.